The molecule has 0 saturated carbocycles. The Kier molecular flexibility index (Phi) is 6.28. The number of hydrogen-bond acceptors (Lipinski definition) is 7. The Morgan fingerprint density at radius 3 is 2.62 bits per heavy atom. The van der Waals surface area contributed by atoms with Gasteiger partial charge in [0.15, 0.2) is 6.61 Å². The summed E-state index contributed by atoms with van der Waals surface area (Å²) in [6, 6.07) is 9.29. The largest absolute Gasteiger partial charge is 0.497 e. The Labute approximate surface area is 171 Å². The van der Waals surface area contributed by atoms with Gasteiger partial charge in [-0.25, -0.2) is 4.98 Å². The Hall–Kier alpha value is -3.20. The highest BCUT2D eigenvalue weighted by Gasteiger charge is 2.14. The van der Waals surface area contributed by atoms with Gasteiger partial charge >= 0.3 is 5.97 Å². The van der Waals surface area contributed by atoms with E-state index < -0.39 is 11.9 Å². The van der Waals surface area contributed by atoms with Crippen molar-refractivity contribution in [2.24, 2.45) is 0 Å². The number of carbonyl (C=O) groups is 2. The van der Waals surface area contributed by atoms with Crippen LogP contribution in [0.4, 0.5) is 0 Å². The molecule has 0 saturated heterocycles. The summed E-state index contributed by atoms with van der Waals surface area (Å²) in [6.45, 7) is 2.91. The number of benzene rings is 1. The van der Waals surface area contributed by atoms with Gasteiger partial charge in [0.05, 0.1) is 19.0 Å². The van der Waals surface area contributed by atoms with E-state index in [1.165, 1.54) is 22.2 Å². The smallest absolute Gasteiger partial charge is 0.326 e. The highest BCUT2D eigenvalue weighted by atomic mass is 32.1. The molecule has 0 spiro atoms. The molecule has 1 aromatic carbocycles. The maximum atomic E-state index is 12.7. The minimum absolute atomic E-state index is 0.0471. The zero-order chi connectivity index (χ0) is 21.0. The zero-order valence-electron chi connectivity index (χ0n) is 16.3. The van der Waals surface area contributed by atoms with Crippen molar-refractivity contribution in [2.75, 3.05) is 13.7 Å². The maximum Gasteiger partial charge on any atom is 0.326 e. The number of aromatic nitrogens is 2. The van der Waals surface area contributed by atoms with Crippen LogP contribution >= 0.6 is 11.3 Å². The topological polar surface area (TPSA) is 99.5 Å². The Bertz CT molecular complexity index is 1090. The minimum Gasteiger partial charge on any atom is -0.497 e. The highest BCUT2D eigenvalue weighted by molar-refractivity contribution is 7.22. The summed E-state index contributed by atoms with van der Waals surface area (Å²) in [7, 11) is 1.60. The number of fused-ring (bicyclic) bond motifs is 1. The van der Waals surface area contributed by atoms with E-state index in [-0.39, 0.29) is 24.8 Å². The van der Waals surface area contributed by atoms with Crippen LogP contribution in [0.15, 0.2) is 41.5 Å². The SMILES string of the molecule is COc1ccc(-c2cc3ncn(CC(=O)OCC(=O)NC(C)C)c(=O)c3s2)cc1. The van der Waals surface area contributed by atoms with Crippen LogP contribution in [0, 0.1) is 0 Å². The zero-order valence-corrected chi connectivity index (χ0v) is 17.1. The molecule has 0 atom stereocenters. The number of nitrogens with one attached hydrogen (secondary N) is 1. The predicted molar refractivity (Wildman–Crippen MR) is 110 cm³/mol. The van der Waals surface area contributed by atoms with Gasteiger partial charge in [-0.05, 0) is 49.7 Å². The van der Waals surface area contributed by atoms with Gasteiger partial charge < -0.3 is 14.8 Å². The van der Waals surface area contributed by atoms with Crippen molar-refractivity contribution in [3.8, 4) is 16.2 Å². The van der Waals surface area contributed by atoms with Gasteiger partial charge in [-0.2, -0.15) is 0 Å². The number of methoxy groups -OCH3 is 1. The van der Waals surface area contributed by atoms with E-state index in [2.05, 4.69) is 10.3 Å². The number of rotatable bonds is 7. The van der Waals surface area contributed by atoms with Crippen LogP contribution in [-0.2, 0) is 20.9 Å². The molecule has 1 amide bonds. The van der Waals surface area contributed by atoms with Crippen molar-refractivity contribution < 1.29 is 19.1 Å². The quantitative estimate of drug-likeness (QED) is 0.594. The lowest BCUT2D eigenvalue weighted by Gasteiger charge is -2.09. The molecular weight excluding hydrogens is 394 g/mol. The van der Waals surface area contributed by atoms with E-state index in [0.717, 1.165) is 16.2 Å². The van der Waals surface area contributed by atoms with Gasteiger partial charge in [0.2, 0.25) is 0 Å². The maximum absolute atomic E-state index is 12.7. The molecule has 0 radical (unpaired) electrons. The van der Waals surface area contributed by atoms with Crippen molar-refractivity contribution >= 4 is 33.4 Å². The van der Waals surface area contributed by atoms with Crippen molar-refractivity contribution in [2.45, 2.75) is 26.4 Å². The van der Waals surface area contributed by atoms with Gasteiger partial charge in [0, 0.05) is 10.9 Å². The molecule has 8 nitrogen and oxygen atoms in total. The van der Waals surface area contributed by atoms with Crippen molar-refractivity contribution in [1.82, 2.24) is 14.9 Å². The van der Waals surface area contributed by atoms with Gasteiger partial charge in [0.25, 0.3) is 11.5 Å². The fraction of sp³-hybridized carbons (Fsp3) is 0.300. The molecule has 0 unspecified atom stereocenters. The number of esters is 1. The summed E-state index contributed by atoms with van der Waals surface area (Å²) in [5, 5.41) is 2.62. The van der Waals surface area contributed by atoms with Gasteiger partial charge in [-0.15, -0.1) is 11.3 Å². The molecule has 0 aliphatic heterocycles. The predicted octanol–water partition coefficient (Wildman–Crippen LogP) is 2.20. The third-order valence-corrected chi connectivity index (χ3v) is 5.15. The summed E-state index contributed by atoms with van der Waals surface area (Å²) in [5.74, 6) is -0.327. The van der Waals surface area contributed by atoms with Crippen LogP contribution in [0.1, 0.15) is 13.8 Å². The van der Waals surface area contributed by atoms with Crippen LogP contribution < -0.4 is 15.6 Å². The molecule has 0 aliphatic carbocycles. The fourth-order valence-electron chi connectivity index (χ4n) is 2.65. The minimum atomic E-state index is -0.681. The number of carbonyl (C=O) groups excluding carboxylic acids is 2. The standard InChI is InChI=1S/C20H21N3O5S/c1-12(2)22-17(24)10-28-18(25)9-23-11-21-15-8-16(29-19(15)20(23)26)13-4-6-14(27-3)7-5-13/h4-8,11-12H,9-10H2,1-3H3,(H,22,24). The fourth-order valence-corrected chi connectivity index (χ4v) is 3.72. The van der Waals surface area contributed by atoms with Crippen molar-refractivity contribution in [3.63, 3.8) is 0 Å². The second-order valence-electron chi connectivity index (χ2n) is 6.61. The van der Waals surface area contributed by atoms with Crippen LogP contribution in [-0.4, -0.2) is 41.2 Å². The number of amides is 1. The van der Waals surface area contributed by atoms with E-state index in [9.17, 15) is 14.4 Å². The van der Waals surface area contributed by atoms with Crippen LogP contribution in [0.3, 0.4) is 0 Å². The number of nitrogens with zero attached hydrogens (tertiary/aromatic N) is 2. The molecule has 2 heterocycles. The summed E-state index contributed by atoms with van der Waals surface area (Å²) >= 11 is 1.30. The van der Waals surface area contributed by atoms with Gasteiger partial charge in [-0.3, -0.25) is 19.0 Å². The second-order valence-corrected chi connectivity index (χ2v) is 7.67. The van der Waals surface area contributed by atoms with Crippen molar-refractivity contribution in [3.05, 3.63) is 47.0 Å². The average molecular weight is 415 g/mol. The Morgan fingerprint density at radius 1 is 1.24 bits per heavy atom. The monoisotopic (exact) mass is 415 g/mol. The Morgan fingerprint density at radius 2 is 1.97 bits per heavy atom. The molecule has 0 fully saturated rings. The van der Waals surface area contributed by atoms with Crippen LogP contribution in [0.2, 0.25) is 0 Å². The van der Waals surface area contributed by atoms with Crippen LogP contribution in [0.5, 0.6) is 5.75 Å². The van der Waals surface area contributed by atoms with Gasteiger partial charge in [-0.1, -0.05) is 0 Å². The molecule has 0 bridgehead atoms. The molecule has 3 aromatic rings. The number of ether oxygens (including phenoxy) is 2. The molecule has 1 N–H and O–H groups in total. The molecular formula is C20H21N3O5S. The average Bonchev–Trinajstić information content (AvgIpc) is 3.13. The molecule has 3 rings (SSSR count). The molecule has 152 valence electrons. The number of hydrogen-bond donors (Lipinski definition) is 1. The molecule has 0 aliphatic rings. The highest BCUT2D eigenvalue weighted by Crippen LogP contribution is 2.31. The van der Waals surface area contributed by atoms with E-state index in [1.807, 2.05) is 30.3 Å². The summed E-state index contributed by atoms with van der Waals surface area (Å²) in [4.78, 5) is 41.4. The van der Waals surface area contributed by atoms with E-state index in [1.54, 1.807) is 21.0 Å². The van der Waals surface area contributed by atoms with E-state index >= 15 is 0 Å². The normalized spacial score (nSPS) is 10.9. The summed E-state index contributed by atoms with van der Waals surface area (Å²) in [5.41, 5.74) is 1.17. The first-order chi connectivity index (χ1) is 13.9. The third-order valence-electron chi connectivity index (χ3n) is 3.99. The lowest BCUT2D eigenvalue weighted by Crippen LogP contribution is -2.34. The molecule has 9 heteroatoms. The van der Waals surface area contributed by atoms with Gasteiger partial charge in [0.1, 0.15) is 17.0 Å². The van der Waals surface area contributed by atoms with Crippen LogP contribution in [0.25, 0.3) is 20.7 Å². The lowest BCUT2D eigenvalue weighted by atomic mass is 10.2. The van der Waals surface area contributed by atoms with Crippen molar-refractivity contribution in [1.29, 1.82) is 0 Å². The summed E-state index contributed by atoms with van der Waals surface area (Å²) in [6.07, 6.45) is 1.31. The lowest BCUT2D eigenvalue weighted by molar-refractivity contribution is -0.149. The number of thiophene rings is 1. The molecule has 2 aromatic heterocycles. The van der Waals surface area contributed by atoms with E-state index in [4.69, 9.17) is 9.47 Å². The first-order valence-electron chi connectivity index (χ1n) is 8.95. The summed E-state index contributed by atoms with van der Waals surface area (Å²) < 4.78 is 11.7. The van der Waals surface area contributed by atoms with E-state index in [0.29, 0.717) is 10.2 Å². The third kappa shape index (κ3) is 5.00. The second kappa shape index (κ2) is 8.87. The Balaban J connectivity index is 1.75. The first-order valence-corrected chi connectivity index (χ1v) is 9.77. The first kappa shape index (κ1) is 20.5. The molecule has 29 heavy (non-hydrogen) atoms.